The van der Waals surface area contributed by atoms with Crippen LogP contribution in [0, 0.1) is 0 Å². The van der Waals surface area contributed by atoms with E-state index < -0.39 is 6.04 Å². The molecule has 0 fully saturated rings. The van der Waals surface area contributed by atoms with Crippen molar-refractivity contribution in [3.05, 3.63) is 90.3 Å². The van der Waals surface area contributed by atoms with Gasteiger partial charge in [0, 0.05) is 44.1 Å². The van der Waals surface area contributed by atoms with Crippen molar-refractivity contribution in [3.63, 3.8) is 0 Å². The van der Waals surface area contributed by atoms with E-state index in [0.29, 0.717) is 18.8 Å². The molecule has 0 saturated carbocycles. The average Bonchev–Trinajstić information content (AvgIpc) is 2.73. The third kappa shape index (κ3) is 5.97. The molecule has 138 valence electrons. The summed E-state index contributed by atoms with van der Waals surface area (Å²) in [6, 6.07) is 13.0. The van der Waals surface area contributed by atoms with Crippen molar-refractivity contribution in [2.75, 3.05) is 13.1 Å². The third-order valence-electron chi connectivity index (χ3n) is 4.19. The second-order valence-corrected chi connectivity index (χ2v) is 6.15. The second-order valence-electron chi connectivity index (χ2n) is 6.15. The Bertz CT molecular complexity index is 812. The number of aromatic nitrogens is 3. The van der Waals surface area contributed by atoms with Gasteiger partial charge in [-0.3, -0.25) is 19.7 Å². The van der Waals surface area contributed by atoms with Crippen molar-refractivity contribution in [3.8, 4) is 0 Å². The first-order chi connectivity index (χ1) is 13.3. The number of nitrogens with zero attached hydrogens (tertiary/aromatic N) is 3. The van der Waals surface area contributed by atoms with Gasteiger partial charge >= 0.3 is 0 Å². The molecule has 0 aliphatic carbocycles. The van der Waals surface area contributed by atoms with Gasteiger partial charge in [0.15, 0.2) is 0 Å². The fraction of sp³-hybridized carbons (Fsp3) is 0.238. The first-order valence-electron chi connectivity index (χ1n) is 9.03. The first kappa shape index (κ1) is 18.7. The summed E-state index contributed by atoms with van der Waals surface area (Å²) in [7, 11) is 0. The Hall–Kier alpha value is -3.12. The summed E-state index contributed by atoms with van der Waals surface area (Å²) in [5.74, 6) is -0.0751. The van der Waals surface area contributed by atoms with Crippen molar-refractivity contribution in [1.82, 2.24) is 25.6 Å². The number of hydrogen-bond donors (Lipinski definition) is 2. The highest BCUT2D eigenvalue weighted by molar-refractivity contribution is 5.82. The van der Waals surface area contributed by atoms with Gasteiger partial charge in [-0.15, -0.1) is 0 Å². The molecule has 3 rings (SSSR count). The Morgan fingerprint density at radius 2 is 1.70 bits per heavy atom. The van der Waals surface area contributed by atoms with Gasteiger partial charge in [0.1, 0.15) is 6.04 Å². The van der Waals surface area contributed by atoms with E-state index in [0.717, 1.165) is 24.0 Å². The zero-order valence-electron chi connectivity index (χ0n) is 15.1. The molecule has 6 heteroatoms. The SMILES string of the molecule is O=C(NCCc1ccncc1)C(NCCc1cccnc1)c1ccccn1. The van der Waals surface area contributed by atoms with Gasteiger partial charge < -0.3 is 10.6 Å². The van der Waals surface area contributed by atoms with E-state index in [1.54, 1.807) is 24.8 Å². The monoisotopic (exact) mass is 361 g/mol. The third-order valence-corrected chi connectivity index (χ3v) is 4.19. The molecule has 1 amide bonds. The van der Waals surface area contributed by atoms with E-state index >= 15 is 0 Å². The van der Waals surface area contributed by atoms with Crippen LogP contribution in [0.3, 0.4) is 0 Å². The molecule has 0 spiro atoms. The van der Waals surface area contributed by atoms with Gasteiger partial charge in [0.25, 0.3) is 0 Å². The lowest BCUT2D eigenvalue weighted by Gasteiger charge is -2.18. The first-order valence-corrected chi connectivity index (χ1v) is 9.03. The lowest BCUT2D eigenvalue weighted by molar-refractivity contribution is -0.123. The smallest absolute Gasteiger partial charge is 0.243 e. The van der Waals surface area contributed by atoms with E-state index in [4.69, 9.17) is 0 Å². The minimum absolute atomic E-state index is 0.0751. The Morgan fingerprint density at radius 1 is 0.852 bits per heavy atom. The molecule has 0 aliphatic rings. The highest BCUT2D eigenvalue weighted by atomic mass is 16.2. The minimum atomic E-state index is -0.486. The summed E-state index contributed by atoms with van der Waals surface area (Å²) in [6.07, 6.45) is 10.4. The topological polar surface area (TPSA) is 79.8 Å². The quantitative estimate of drug-likeness (QED) is 0.610. The van der Waals surface area contributed by atoms with Crippen LogP contribution in [0.25, 0.3) is 0 Å². The van der Waals surface area contributed by atoms with Crippen molar-refractivity contribution >= 4 is 5.91 Å². The van der Waals surface area contributed by atoms with Crippen LogP contribution in [0.4, 0.5) is 0 Å². The Kier molecular flexibility index (Phi) is 7.00. The number of amides is 1. The van der Waals surface area contributed by atoms with Crippen LogP contribution < -0.4 is 10.6 Å². The van der Waals surface area contributed by atoms with Gasteiger partial charge in [-0.2, -0.15) is 0 Å². The Labute approximate surface area is 159 Å². The van der Waals surface area contributed by atoms with Crippen LogP contribution in [0.15, 0.2) is 73.4 Å². The van der Waals surface area contributed by atoms with E-state index in [2.05, 4.69) is 25.6 Å². The molecule has 2 N–H and O–H groups in total. The van der Waals surface area contributed by atoms with Gasteiger partial charge in [0.05, 0.1) is 5.69 Å². The van der Waals surface area contributed by atoms with Gasteiger partial charge in [-0.05, 0) is 54.3 Å². The summed E-state index contributed by atoms with van der Waals surface area (Å²) in [5, 5.41) is 6.32. The molecular weight excluding hydrogens is 338 g/mol. The standard InChI is InChI=1S/C21H23N5O/c27-21(26-15-8-17-6-12-22-13-7-17)20(19-5-1-2-11-24-19)25-14-9-18-4-3-10-23-16-18/h1-7,10-13,16,20,25H,8-9,14-15H2,(H,26,27). The molecule has 0 aliphatic heterocycles. The summed E-state index contributed by atoms with van der Waals surface area (Å²) in [4.78, 5) is 25.2. The predicted molar refractivity (Wildman–Crippen MR) is 104 cm³/mol. The van der Waals surface area contributed by atoms with Crippen molar-refractivity contribution in [2.45, 2.75) is 18.9 Å². The van der Waals surface area contributed by atoms with Gasteiger partial charge in [-0.25, -0.2) is 0 Å². The van der Waals surface area contributed by atoms with Crippen molar-refractivity contribution in [2.24, 2.45) is 0 Å². The van der Waals surface area contributed by atoms with E-state index in [9.17, 15) is 4.79 Å². The normalized spacial score (nSPS) is 11.7. The Balaban J connectivity index is 1.56. The second kappa shape index (κ2) is 10.1. The van der Waals surface area contributed by atoms with Crippen molar-refractivity contribution < 1.29 is 4.79 Å². The summed E-state index contributed by atoms with van der Waals surface area (Å²) < 4.78 is 0. The molecule has 0 radical (unpaired) electrons. The number of pyridine rings is 3. The average molecular weight is 361 g/mol. The maximum atomic E-state index is 12.7. The molecule has 1 atom stereocenters. The van der Waals surface area contributed by atoms with Crippen molar-refractivity contribution in [1.29, 1.82) is 0 Å². The number of hydrogen-bond acceptors (Lipinski definition) is 5. The van der Waals surface area contributed by atoms with E-state index in [1.165, 1.54) is 0 Å². The molecule has 3 aromatic rings. The molecule has 3 heterocycles. The van der Waals surface area contributed by atoms with E-state index in [1.807, 2.05) is 48.7 Å². The highest BCUT2D eigenvalue weighted by Gasteiger charge is 2.20. The maximum absolute atomic E-state index is 12.7. The predicted octanol–water partition coefficient (Wildman–Crippen LogP) is 2.10. The van der Waals surface area contributed by atoms with Gasteiger partial charge in [0.2, 0.25) is 5.91 Å². The van der Waals surface area contributed by atoms with Crippen LogP contribution >= 0.6 is 0 Å². The zero-order chi connectivity index (χ0) is 18.7. The maximum Gasteiger partial charge on any atom is 0.243 e. The molecule has 0 aromatic carbocycles. The van der Waals surface area contributed by atoms with E-state index in [-0.39, 0.29) is 5.91 Å². The molecule has 1 unspecified atom stereocenters. The minimum Gasteiger partial charge on any atom is -0.354 e. The van der Waals surface area contributed by atoms with Gasteiger partial charge in [-0.1, -0.05) is 12.1 Å². The zero-order valence-corrected chi connectivity index (χ0v) is 15.1. The number of rotatable bonds is 9. The molecular formula is C21H23N5O. The number of carbonyl (C=O) groups excluding carboxylic acids is 1. The molecule has 27 heavy (non-hydrogen) atoms. The summed E-state index contributed by atoms with van der Waals surface area (Å²) >= 11 is 0. The lowest BCUT2D eigenvalue weighted by Crippen LogP contribution is -2.39. The fourth-order valence-corrected chi connectivity index (χ4v) is 2.77. The largest absolute Gasteiger partial charge is 0.354 e. The highest BCUT2D eigenvalue weighted by Crippen LogP contribution is 2.10. The summed E-state index contributed by atoms with van der Waals surface area (Å²) in [6.45, 7) is 1.22. The van der Waals surface area contributed by atoms with Crippen LogP contribution in [0.5, 0.6) is 0 Å². The molecule has 6 nitrogen and oxygen atoms in total. The Morgan fingerprint density at radius 3 is 2.44 bits per heavy atom. The summed E-state index contributed by atoms with van der Waals surface area (Å²) in [5.41, 5.74) is 2.98. The number of nitrogens with one attached hydrogen (secondary N) is 2. The van der Waals surface area contributed by atoms with Crippen LogP contribution in [0.1, 0.15) is 22.9 Å². The van der Waals surface area contributed by atoms with Crippen LogP contribution in [0.2, 0.25) is 0 Å². The molecule has 3 aromatic heterocycles. The fourth-order valence-electron chi connectivity index (χ4n) is 2.77. The molecule has 0 saturated heterocycles. The van der Waals surface area contributed by atoms with Crippen LogP contribution in [-0.4, -0.2) is 33.9 Å². The lowest BCUT2D eigenvalue weighted by atomic mass is 10.1. The molecule has 0 bridgehead atoms. The number of carbonyl (C=O) groups is 1. The van der Waals surface area contributed by atoms with Crippen LogP contribution in [-0.2, 0) is 17.6 Å².